The molecule has 7 heteroatoms. The van der Waals surface area contributed by atoms with E-state index in [9.17, 15) is 18.1 Å². The molecular weight excluding hydrogens is 265 g/mol. The van der Waals surface area contributed by atoms with Crippen molar-refractivity contribution in [2.45, 2.75) is 20.1 Å². The van der Waals surface area contributed by atoms with E-state index in [0.717, 1.165) is 13.0 Å². The summed E-state index contributed by atoms with van der Waals surface area (Å²) < 4.78 is 48.3. The average Bonchev–Trinajstić information content (AvgIpc) is 2.35. The van der Waals surface area contributed by atoms with Crippen LogP contribution in [0.2, 0.25) is 0 Å². The summed E-state index contributed by atoms with van der Waals surface area (Å²) in [4.78, 5) is 14.7. The van der Waals surface area contributed by atoms with E-state index in [1.165, 1.54) is 0 Å². The Morgan fingerprint density at radius 2 is 2.05 bits per heavy atom. The van der Waals surface area contributed by atoms with Crippen LogP contribution in [0.5, 0.6) is 5.75 Å². The molecule has 0 spiro atoms. The van der Waals surface area contributed by atoms with E-state index in [1.807, 2.05) is 0 Å². The summed E-state index contributed by atoms with van der Waals surface area (Å²) in [6, 6.07) is 1.40. The number of benzene rings is 1. The van der Waals surface area contributed by atoms with E-state index in [2.05, 4.69) is 4.94 Å². The molecular formula is C12H13F3O4. The van der Waals surface area contributed by atoms with Crippen molar-refractivity contribution in [1.29, 1.82) is 0 Å². The summed E-state index contributed by atoms with van der Waals surface area (Å²) in [5.74, 6) is -3.00. The van der Waals surface area contributed by atoms with Gasteiger partial charge in [0, 0.05) is 12.7 Å². The van der Waals surface area contributed by atoms with Gasteiger partial charge in [0.05, 0.1) is 5.56 Å². The summed E-state index contributed by atoms with van der Waals surface area (Å²) >= 11 is 0. The molecule has 0 aromatic heterocycles. The topological polar surface area (TPSA) is 44.8 Å². The van der Waals surface area contributed by atoms with Gasteiger partial charge in [0.25, 0.3) is 0 Å². The first kappa shape index (κ1) is 15.5. The van der Waals surface area contributed by atoms with E-state index in [0.29, 0.717) is 6.07 Å². The van der Waals surface area contributed by atoms with Crippen LogP contribution in [0, 0.1) is 11.6 Å². The molecule has 0 aliphatic heterocycles. The Balaban J connectivity index is 2.90. The third-order valence-electron chi connectivity index (χ3n) is 2.20. The number of ketones is 1. The van der Waals surface area contributed by atoms with Gasteiger partial charge in [-0.05, 0) is 24.4 Å². The number of halogens is 3. The van der Waals surface area contributed by atoms with Gasteiger partial charge in [-0.25, -0.2) is 8.78 Å². The molecule has 0 radical (unpaired) electrons. The molecule has 1 aromatic carbocycles. The number of carbonyl (C=O) groups is 1. The quantitative estimate of drug-likeness (QED) is 0.568. The number of hydrogen-bond acceptors (Lipinski definition) is 4. The maximum absolute atomic E-state index is 13.5. The lowest BCUT2D eigenvalue weighted by molar-refractivity contribution is -0.280. The molecule has 0 aliphatic carbocycles. The fourth-order valence-electron chi connectivity index (χ4n) is 1.41. The van der Waals surface area contributed by atoms with Crippen molar-refractivity contribution in [3.63, 3.8) is 0 Å². The van der Waals surface area contributed by atoms with Crippen LogP contribution >= 0.6 is 0 Å². The molecule has 1 unspecified atom stereocenters. The van der Waals surface area contributed by atoms with E-state index in [1.54, 1.807) is 6.92 Å². The molecule has 106 valence electrons. The van der Waals surface area contributed by atoms with Crippen LogP contribution in [-0.2, 0) is 9.68 Å². The summed E-state index contributed by atoms with van der Waals surface area (Å²) in [7, 11) is 0. The zero-order chi connectivity index (χ0) is 14.4. The van der Waals surface area contributed by atoms with Crippen LogP contribution in [0.15, 0.2) is 12.1 Å². The highest BCUT2D eigenvalue weighted by Crippen LogP contribution is 2.25. The van der Waals surface area contributed by atoms with Crippen molar-refractivity contribution < 1.29 is 32.5 Å². The highest BCUT2D eigenvalue weighted by atomic mass is 19.3. The molecule has 0 saturated heterocycles. The number of Topliss-reactive ketones (excluding diaryl/α,β-unsaturated/α-hetero) is 1. The lowest BCUT2D eigenvalue weighted by Crippen LogP contribution is -2.23. The monoisotopic (exact) mass is 278 g/mol. The summed E-state index contributed by atoms with van der Waals surface area (Å²) in [6.07, 6.45) is -1.35. The molecule has 4 nitrogen and oxygen atoms in total. The summed E-state index contributed by atoms with van der Waals surface area (Å²) in [5, 5.41) is 0. The summed E-state index contributed by atoms with van der Waals surface area (Å²) in [6.45, 7) is 2.41. The zero-order valence-electron chi connectivity index (χ0n) is 10.4. The highest BCUT2D eigenvalue weighted by molar-refractivity contribution is 5.96. The zero-order valence-corrected chi connectivity index (χ0v) is 10.4. The van der Waals surface area contributed by atoms with Crippen molar-refractivity contribution >= 4 is 5.78 Å². The lowest BCUT2D eigenvalue weighted by atomic mass is 10.1. The van der Waals surface area contributed by atoms with Gasteiger partial charge in [0.15, 0.2) is 17.3 Å². The minimum atomic E-state index is -1.35. The van der Waals surface area contributed by atoms with Crippen LogP contribution in [0.4, 0.5) is 13.3 Å². The van der Waals surface area contributed by atoms with Crippen LogP contribution in [0.1, 0.15) is 24.2 Å². The van der Waals surface area contributed by atoms with Gasteiger partial charge in [-0.15, -0.1) is 0 Å². The van der Waals surface area contributed by atoms with Crippen molar-refractivity contribution in [2.75, 3.05) is 13.2 Å². The van der Waals surface area contributed by atoms with Gasteiger partial charge >= 0.3 is 0 Å². The fraction of sp³-hybridized carbons (Fsp3) is 0.417. The normalized spacial score (nSPS) is 12.3. The van der Waals surface area contributed by atoms with E-state index in [4.69, 9.17) is 9.47 Å². The molecule has 0 fully saturated rings. The Bertz CT molecular complexity index is 451. The van der Waals surface area contributed by atoms with Crippen molar-refractivity contribution in [1.82, 2.24) is 0 Å². The smallest absolute Gasteiger partial charge is 0.231 e. The first-order valence-electron chi connectivity index (χ1n) is 5.51. The average molecular weight is 278 g/mol. The van der Waals surface area contributed by atoms with Crippen molar-refractivity contribution in [2.24, 2.45) is 0 Å². The summed E-state index contributed by atoms with van der Waals surface area (Å²) in [5.41, 5.74) is -0.272. The number of carbonyl (C=O) groups excluding carboxylic acids is 1. The molecule has 0 aliphatic rings. The Labute approximate surface area is 108 Å². The Morgan fingerprint density at radius 1 is 1.37 bits per heavy atom. The molecule has 19 heavy (non-hydrogen) atoms. The van der Waals surface area contributed by atoms with E-state index < -0.39 is 36.1 Å². The van der Waals surface area contributed by atoms with Gasteiger partial charge in [-0.3, -0.25) is 4.79 Å². The van der Waals surface area contributed by atoms with E-state index in [-0.39, 0.29) is 12.2 Å². The van der Waals surface area contributed by atoms with Crippen molar-refractivity contribution in [3.05, 3.63) is 29.3 Å². The minimum Gasteiger partial charge on any atom is -0.484 e. The van der Waals surface area contributed by atoms with Crippen LogP contribution in [0.25, 0.3) is 0 Å². The molecule has 1 aromatic rings. The largest absolute Gasteiger partial charge is 0.484 e. The Kier molecular flexibility index (Phi) is 5.78. The predicted molar refractivity (Wildman–Crippen MR) is 59.5 cm³/mol. The standard InChI is InChI=1S/C12H13F3O4/c1-3-17-11(19-15)6-18-12-9(7(2)16)4-8(13)5-10(12)14/h4-5,11H,3,6H2,1-2H3. The maximum atomic E-state index is 13.5. The second kappa shape index (κ2) is 7.10. The third kappa shape index (κ3) is 4.22. The molecule has 0 N–H and O–H groups in total. The predicted octanol–water partition coefficient (Wildman–Crippen LogP) is 2.81. The lowest BCUT2D eigenvalue weighted by Gasteiger charge is -2.15. The van der Waals surface area contributed by atoms with Gasteiger partial charge in [0.1, 0.15) is 12.4 Å². The maximum Gasteiger partial charge on any atom is 0.231 e. The van der Waals surface area contributed by atoms with Gasteiger partial charge in [-0.1, -0.05) is 0 Å². The van der Waals surface area contributed by atoms with Crippen LogP contribution in [0.3, 0.4) is 0 Å². The van der Waals surface area contributed by atoms with Gasteiger partial charge in [0.2, 0.25) is 6.29 Å². The SMILES string of the molecule is CCOC(COc1c(F)cc(F)cc1C(C)=O)OF. The Morgan fingerprint density at radius 3 is 2.58 bits per heavy atom. The van der Waals surface area contributed by atoms with E-state index >= 15 is 0 Å². The second-order valence-corrected chi connectivity index (χ2v) is 3.61. The first-order chi connectivity index (χ1) is 8.99. The fourth-order valence-corrected chi connectivity index (χ4v) is 1.41. The first-order valence-corrected chi connectivity index (χ1v) is 5.51. The Hall–Kier alpha value is -1.60. The highest BCUT2D eigenvalue weighted by Gasteiger charge is 2.19. The molecule has 1 atom stereocenters. The number of rotatable bonds is 7. The van der Waals surface area contributed by atoms with Crippen LogP contribution < -0.4 is 4.74 Å². The number of hydrogen-bond donors (Lipinski definition) is 0. The molecule has 0 bridgehead atoms. The van der Waals surface area contributed by atoms with Crippen molar-refractivity contribution in [3.8, 4) is 5.75 Å². The second-order valence-electron chi connectivity index (χ2n) is 3.61. The van der Waals surface area contributed by atoms with Gasteiger partial charge in [-0.2, -0.15) is 4.94 Å². The molecule has 0 heterocycles. The van der Waals surface area contributed by atoms with Gasteiger partial charge < -0.3 is 9.47 Å². The molecule has 0 amide bonds. The minimum absolute atomic E-state index is 0.156. The molecule has 0 saturated carbocycles. The third-order valence-corrected chi connectivity index (χ3v) is 2.20. The van der Waals surface area contributed by atoms with Crippen LogP contribution in [-0.4, -0.2) is 25.3 Å². The number of ether oxygens (including phenoxy) is 2. The molecule has 1 rings (SSSR count).